The van der Waals surface area contributed by atoms with Crippen LogP contribution in [0.2, 0.25) is 4.34 Å². The number of urea groups is 1. The monoisotopic (exact) mass is 324 g/mol. The van der Waals surface area contributed by atoms with Crippen LogP contribution in [-0.4, -0.2) is 37.1 Å². The van der Waals surface area contributed by atoms with E-state index in [-0.39, 0.29) is 6.03 Å². The smallest absolute Gasteiger partial charge is 0.321 e. The molecule has 0 aromatic carbocycles. The first-order chi connectivity index (χ1) is 9.95. The number of halogens is 1. The molecule has 2 rings (SSSR count). The fraction of sp³-hybridized carbons (Fsp3) is 0.286. The third-order valence-electron chi connectivity index (χ3n) is 2.83. The summed E-state index contributed by atoms with van der Waals surface area (Å²) in [6.45, 7) is 0.520. The molecule has 0 atom stereocenters. The number of anilines is 2. The number of hydrogen-bond acceptors (Lipinski definition) is 4. The molecule has 0 aliphatic carbocycles. The first-order valence-corrected chi connectivity index (χ1v) is 7.55. The minimum Gasteiger partial charge on any atom is -0.363 e. The van der Waals surface area contributed by atoms with Crippen LogP contribution in [0.5, 0.6) is 0 Å². The molecule has 0 spiro atoms. The molecular weight excluding hydrogens is 308 g/mol. The highest BCUT2D eigenvalue weighted by Crippen LogP contribution is 2.22. The molecule has 0 aliphatic rings. The molecule has 1 N–H and O–H groups in total. The minimum absolute atomic E-state index is 0.182. The van der Waals surface area contributed by atoms with Crippen molar-refractivity contribution in [2.75, 3.05) is 31.4 Å². The van der Waals surface area contributed by atoms with Crippen LogP contribution in [0.15, 0.2) is 30.5 Å². The highest BCUT2D eigenvalue weighted by molar-refractivity contribution is 7.16. The number of carbonyl (C=O) groups is 1. The first-order valence-electron chi connectivity index (χ1n) is 6.35. The molecule has 2 aromatic rings. The van der Waals surface area contributed by atoms with E-state index < -0.39 is 0 Å². The second-order valence-electron chi connectivity index (χ2n) is 4.79. The van der Waals surface area contributed by atoms with Crippen molar-refractivity contribution in [3.05, 3.63) is 39.7 Å². The van der Waals surface area contributed by atoms with Gasteiger partial charge in [-0.15, -0.1) is 11.3 Å². The molecule has 2 heterocycles. The maximum absolute atomic E-state index is 12.1. The molecule has 0 bridgehead atoms. The molecule has 21 heavy (non-hydrogen) atoms. The van der Waals surface area contributed by atoms with Crippen LogP contribution in [0.1, 0.15) is 4.88 Å². The van der Waals surface area contributed by atoms with Crippen LogP contribution in [0, 0.1) is 0 Å². The lowest BCUT2D eigenvalue weighted by Gasteiger charge is -2.17. The van der Waals surface area contributed by atoms with E-state index in [0.29, 0.717) is 12.2 Å². The third kappa shape index (κ3) is 4.34. The van der Waals surface area contributed by atoms with E-state index in [1.54, 1.807) is 18.1 Å². The average molecular weight is 325 g/mol. The van der Waals surface area contributed by atoms with Gasteiger partial charge < -0.3 is 15.1 Å². The highest BCUT2D eigenvalue weighted by atomic mass is 35.5. The van der Waals surface area contributed by atoms with Crippen molar-refractivity contribution in [1.82, 2.24) is 9.88 Å². The summed E-state index contributed by atoms with van der Waals surface area (Å²) in [5, 5.41) is 2.81. The number of pyridine rings is 1. The number of nitrogens with zero attached hydrogens (tertiary/aromatic N) is 3. The van der Waals surface area contributed by atoms with E-state index in [4.69, 9.17) is 11.6 Å². The van der Waals surface area contributed by atoms with Gasteiger partial charge in [-0.25, -0.2) is 9.78 Å². The normalized spacial score (nSPS) is 10.3. The zero-order valence-electron chi connectivity index (χ0n) is 12.1. The van der Waals surface area contributed by atoms with Crippen molar-refractivity contribution in [3.63, 3.8) is 0 Å². The second-order valence-corrected chi connectivity index (χ2v) is 6.59. The van der Waals surface area contributed by atoms with E-state index in [1.165, 1.54) is 11.3 Å². The summed E-state index contributed by atoms with van der Waals surface area (Å²) in [7, 11) is 5.58. The van der Waals surface area contributed by atoms with Crippen molar-refractivity contribution in [2.45, 2.75) is 6.54 Å². The van der Waals surface area contributed by atoms with Gasteiger partial charge in [0, 0.05) is 26.0 Å². The molecule has 2 amide bonds. The number of carbonyl (C=O) groups excluding carboxylic acids is 1. The number of hydrogen-bond donors (Lipinski definition) is 1. The minimum atomic E-state index is -0.182. The zero-order chi connectivity index (χ0) is 15.4. The fourth-order valence-electron chi connectivity index (χ4n) is 1.69. The van der Waals surface area contributed by atoms with Crippen LogP contribution >= 0.6 is 22.9 Å². The molecular formula is C14H17ClN4OS. The predicted octanol–water partition coefficient (Wildman–Crippen LogP) is 3.53. The number of rotatable bonds is 4. The Kier molecular flexibility index (Phi) is 5.03. The predicted molar refractivity (Wildman–Crippen MR) is 88.4 cm³/mol. The summed E-state index contributed by atoms with van der Waals surface area (Å²) in [5.41, 5.74) is 0.668. The maximum Gasteiger partial charge on any atom is 0.321 e. The van der Waals surface area contributed by atoms with Crippen LogP contribution in [0.3, 0.4) is 0 Å². The van der Waals surface area contributed by atoms with Gasteiger partial charge in [0.15, 0.2) is 0 Å². The van der Waals surface area contributed by atoms with Gasteiger partial charge >= 0.3 is 6.03 Å². The molecule has 5 nitrogen and oxygen atoms in total. The molecule has 0 unspecified atom stereocenters. The van der Waals surface area contributed by atoms with Crippen molar-refractivity contribution >= 4 is 40.5 Å². The molecule has 2 aromatic heterocycles. The van der Waals surface area contributed by atoms with Gasteiger partial charge in [0.1, 0.15) is 5.82 Å². The van der Waals surface area contributed by atoms with Crippen molar-refractivity contribution in [1.29, 1.82) is 0 Å². The van der Waals surface area contributed by atoms with Gasteiger partial charge in [0.05, 0.1) is 22.8 Å². The number of aromatic nitrogens is 1. The highest BCUT2D eigenvalue weighted by Gasteiger charge is 2.11. The van der Waals surface area contributed by atoms with Crippen LogP contribution in [0.4, 0.5) is 16.3 Å². The summed E-state index contributed by atoms with van der Waals surface area (Å²) in [6.07, 6.45) is 1.64. The van der Waals surface area contributed by atoms with Gasteiger partial charge in [-0.05, 0) is 24.3 Å². The lowest BCUT2D eigenvalue weighted by Crippen LogP contribution is -2.30. The Bertz CT molecular complexity index is 612. The van der Waals surface area contributed by atoms with E-state index >= 15 is 0 Å². The lowest BCUT2D eigenvalue weighted by molar-refractivity contribution is 0.221. The first kappa shape index (κ1) is 15.6. The molecule has 112 valence electrons. The number of amides is 2. The molecule has 0 aliphatic heterocycles. The third-order valence-corrected chi connectivity index (χ3v) is 4.04. The summed E-state index contributed by atoms with van der Waals surface area (Å²) >= 11 is 7.35. The van der Waals surface area contributed by atoms with Crippen LogP contribution in [-0.2, 0) is 6.54 Å². The Labute approximate surface area is 133 Å². The maximum atomic E-state index is 12.1. The molecule has 0 saturated heterocycles. The quantitative estimate of drug-likeness (QED) is 0.936. The Balaban J connectivity index is 1.93. The SMILES string of the molecule is CN(Cc1ccc(Cl)s1)C(=O)Nc1ccc(N(C)C)nc1. The summed E-state index contributed by atoms with van der Waals surface area (Å²) in [6, 6.07) is 7.26. The van der Waals surface area contributed by atoms with Crippen molar-refractivity contribution in [3.8, 4) is 0 Å². The Hall–Kier alpha value is -1.79. The fourth-order valence-corrected chi connectivity index (χ4v) is 2.83. The van der Waals surface area contributed by atoms with Crippen LogP contribution in [0.25, 0.3) is 0 Å². The second kappa shape index (κ2) is 6.78. The van der Waals surface area contributed by atoms with E-state index in [2.05, 4.69) is 10.3 Å². The Morgan fingerprint density at radius 2 is 2.05 bits per heavy atom. The lowest BCUT2D eigenvalue weighted by atomic mass is 10.4. The van der Waals surface area contributed by atoms with E-state index in [0.717, 1.165) is 15.0 Å². The molecule has 0 radical (unpaired) electrons. The van der Waals surface area contributed by atoms with Gasteiger partial charge in [0.25, 0.3) is 0 Å². The number of thiophene rings is 1. The van der Waals surface area contributed by atoms with E-state index in [1.807, 2.05) is 43.3 Å². The van der Waals surface area contributed by atoms with Crippen molar-refractivity contribution in [2.24, 2.45) is 0 Å². The van der Waals surface area contributed by atoms with Crippen molar-refractivity contribution < 1.29 is 4.79 Å². The largest absolute Gasteiger partial charge is 0.363 e. The summed E-state index contributed by atoms with van der Waals surface area (Å²) in [4.78, 5) is 20.9. The zero-order valence-corrected chi connectivity index (χ0v) is 13.7. The standard InChI is InChI=1S/C14H17ClN4OS/c1-18(2)13-7-4-10(8-16-13)17-14(20)19(3)9-11-5-6-12(15)21-11/h4-8H,9H2,1-3H3,(H,17,20). The molecule has 0 saturated carbocycles. The summed E-state index contributed by atoms with van der Waals surface area (Å²) in [5.74, 6) is 0.842. The Morgan fingerprint density at radius 1 is 1.29 bits per heavy atom. The Morgan fingerprint density at radius 3 is 2.57 bits per heavy atom. The van der Waals surface area contributed by atoms with Gasteiger partial charge in [-0.1, -0.05) is 11.6 Å². The van der Waals surface area contributed by atoms with Gasteiger partial charge in [-0.3, -0.25) is 0 Å². The summed E-state index contributed by atoms with van der Waals surface area (Å²) < 4.78 is 0.724. The molecule has 0 fully saturated rings. The van der Waals surface area contributed by atoms with Gasteiger partial charge in [-0.2, -0.15) is 0 Å². The van der Waals surface area contributed by atoms with E-state index in [9.17, 15) is 4.79 Å². The average Bonchev–Trinajstić information content (AvgIpc) is 2.84. The molecule has 7 heteroatoms. The van der Waals surface area contributed by atoms with Gasteiger partial charge in [0.2, 0.25) is 0 Å². The topological polar surface area (TPSA) is 48.5 Å². The number of nitrogens with one attached hydrogen (secondary N) is 1. The van der Waals surface area contributed by atoms with Crippen LogP contribution < -0.4 is 10.2 Å².